The highest BCUT2D eigenvalue weighted by Crippen LogP contribution is 2.42. The zero-order chi connectivity index (χ0) is 17.2. The van der Waals surface area contributed by atoms with E-state index in [4.69, 9.17) is 5.73 Å². The Labute approximate surface area is 151 Å². The molecule has 1 amide bonds. The van der Waals surface area contributed by atoms with Crippen LogP contribution in [0.25, 0.3) is 0 Å². The maximum Gasteiger partial charge on any atom is 0.223 e. The number of nitrogens with one attached hydrogen (secondary N) is 1. The van der Waals surface area contributed by atoms with Crippen LogP contribution >= 0.6 is 0 Å². The minimum atomic E-state index is 0.210. The number of hydrogen-bond donors (Lipinski definition) is 2. The van der Waals surface area contributed by atoms with E-state index in [1.165, 1.54) is 37.7 Å². The zero-order valence-electron chi connectivity index (χ0n) is 15.2. The summed E-state index contributed by atoms with van der Waals surface area (Å²) in [7, 11) is 0. The van der Waals surface area contributed by atoms with Crippen LogP contribution in [0.3, 0.4) is 0 Å². The molecule has 3 N–H and O–H groups in total. The summed E-state index contributed by atoms with van der Waals surface area (Å²) in [5, 5.41) is 3.38. The molecule has 0 heterocycles. The SMILES string of the molecule is NC1C2CCCC1CC(C(=O)NC1CCC(c3ccccc3)CC1)C2. The summed E-state index contributed by atoms with van der Waals surface area (Å²) in [6, 6.07) is 11.6. The van der Waals surface area contributed by atoms with Gasteiger partial charge in [0.15, 0.2) is 0 Å². The summed E-state index contributed by atoms with van der Waals surface area (Å²) >= 11 is 0. The van der Waals surface area contributed by atoms with Crippen LogP contribution in [0.1, 0.15) is 69.3 Å². The summed E-state index contributed by atoms with van der Waals surface area (Å²) in [6.45, 7) is 0. The molecule has 2 unspecified atom stereocenters. The molecule has 1 aromatic rings. The molecule has 3 heteroatoms. The molecule has 3 aliphatic carbocycles. The third-order valence-corrected chi connectivity index (χ3v) is 7.13. The van der Waals surface area contributed by atoms with Crippen molar-refractivity contribution in [3.8, 4) is 0 Å². The first-order chi connectivity index (χ1) is 12.2. The van der Waals surface area contributed by atoms with Crippen molar-refractivity contribution >= 4 is 5.91 Å². The molecule has 0 saturated heterocycles. The van der Waals surface area contributed by atoms with E-state index in [1.807, 2.05) is 0 Å². The Kier molecular flexibility index (Phi) is 5.12. The van der Waals surface area contributed by atoms with Crippen LogP contribution in [-0.2, 0) is 4.79 Å². The molecular formula is C22H32N2O. The fraction of sp³-hybridized carbons (Fsp3) is 0.682. The molecule has 25 heavy (non-hydrogen) atoms. The van der Waals surface area contributed by atoms with Crippen molar-refractivity contribution < 1.29 is 4.79 Å². The number of benzene rings is 1. The normalized spacial score (nSPS) is 38.1. The predicted octanol–water partition coefficient (Wildman–Crippen LogP) is 3.98. The fourth-order valence-corrected chi connectivity index (χ4v) is 5.62. The molecule has 2 atom stereocenters. The highest BCUT2D eigenvalue weighted by atomic mass is 16.1. The van der Waals surface area contributed by atoms with E-state index in [9.17, 15) is 4.79 Å². The smallest absolute Gasteiger partial charge is 0.223 e. The summed E-state index contributed by atoms with van der Waals surface area (Å²) < 4.78 is 0. The standard InChI is InChI=1S/C22H32N2O/c23-21-17-7-4-8-18(21)14-19(13-17)22(25)24-20-11-9-16(10-12-20)15-5-2-1-3-6-15/h1-3,5-6,16-21H,4,7-14,23H2,(H,24,25). The van der Waals surface area contributed by atoms with Crippen LogP contribution in [0, 0.1) is 17.8 Å². The molecule has 3 saturated carbocycles. The molecular weight excluding hydrogens is 308 g/mol. The van der Waals surface area contributed by atoms with Gasteiger partial charge in [-0.3, -0.25) is 4.79 Å². The Morgan fingerprint density at radius 3 is 2.20 bits per heavy atom. The van der Waals surface area contributed by atoms with E-state index in [-0.39, 0.29) is 5.92 Å². The summed E-state index contributed by atoms with van der Waals surface area (Å²) in [4.78, 5) is 12.8. The van der Waals surface area contributed by atoms with Crippen molar-refractivity contribution in [3.05, 3.63) is 35.9 Å². The maximum atomic E-state index is 12.8. The van der Waals surface area contributed by atoms with Crippen molar-refractivity contribution in [2.24, 2.45) is 23.5 Å². The first-order valence-corrected chi connectivity index (χ1v) is 10.3. The number of nitrogens with two attached hydrogens (primary N) is 1. The predicted molar refractivity (Wildman–Crippen MR) is 101 cm³/mol. The average molecular weight is 341 g/mol. The van der Waals surface area contributed by atoms with Gasteiger partial charge in [-0.1, -0.05) is 36.8 Å². The van der Waals surface area contributed by atoms with Crippen LogP contribution in [0.15, 0.2) is 30.3 Å². The largest absolute Gasteiger partial charge is 0.353 e. The maximum absolute atomic E-state index is 12.8. The second-order valence-corrected chi connectivity index (χ2v) is 8.66. The molecule has 3 fully saturated rings. The van der Waals surface area contributed by atoms with Gasteiger partial charge in [0.05, 0.1) is 0 Å². The summed E-state index contributed by atoms with van der Waals surface area (Å²) in [5.41, 5.74) is 7.83. The van der Waals surface area contributed by atoms with Gasteiger partial charge in [0.2, 0.25) is 5.91 Å². The van der Waals surface area contributed by atoms with Crippen molar-refractivity contribution in [3.63, 3.8) is 0 Å². The lowest BCUT2D eigenvalue weighted by molar-refractivity contribution is -0.128. The van der Waals surface area contributed by atoms with E-state index in [0.717, 1.165) is 25.7 Å². The molecule has 3 aliphatic rings. The van der Waals surface area contributed by atoms with Crippen LogP contribution in [0.4, 0.5) is 0 Å². The monoisotopic (exact) mass is 340 g/mol. The Hall–Kier alpha value is -1.35. The second kappa shape index (κ2) is 7.49. The highest BCUT2D eigenvalue weighted by Gasteiger charge is 2.40. The van der Waals surface area contributed by atoms with Gasteiger partial charge in [-0.25, -0.2) is 0 Å². The number of amides is 1. The number of rotatable bonds is 3. The molecule has 0 radical (unpaired) electrons. The van der Waals surface area contributed by atoms with Crippen LogP contribution in [-0.4, -0.2) is 18.0 Å². The Morgan fingerprint density at radius 1 is 0.920 bits per heavy atom. The molecule has 2 bridgehead atoms. The zero-order valence-corrected chi connectivity index (χ0v) is 15.2. The molecule has 3 nitrogen and oxygen atoms in total. The summed E-state index contributed by atoms with van der Waals surface area (Å²) in [6.07, 6.45) is 10.4. The average Bonchev–Trinajstić information content (AvgIpc) is 2.63. The van der Waals surface area contributed by atoms with Crippen molar-refractivity contribution in [2.45, 2.75) is 75.8 Å². The van der Waals surface area contributed by atoms with Gasteiger partial charge in [-0.15, -0.1) is 0 Å². The van der Waals surface area contributed by atoms with E-state index in [1.54, 1.807) is 0 Å². The Balaban J connectivity index is 1.28. The molecule has 0 spiro atoms. The minimum absolute atomic E-state index is 0.210. The van der Waals surface area contributed by atoms with Crippen molar-refractivity contribution in [2.75, 3.05) is 0 Å². The first-order valence-electron chi connectivity index (χ1n) is 10.3. The van der Waals surface area contributed by atoms with Gasteiger partial charge in [0.1, 0.15) is 0 Å². The highest BCUT2D eigenvalue weighted by molar-refractivity contribution is 5.79. The molecule has 136 valence electrons. The minimum Gasteiger partial charge on any atom is -0.353 e. The van der Waals surface area contributed by atoms with Gasteiger partial charge >= 0.3 is 0 Å². The number of carbonyl (C=O) groups is 1. The molecule has 0 aromatic heterocycles. The number of fused-ring (bicyclic) bond motifs is 2. The van der Waals surface area contributed by atoms with E-state index in [0.29, 0.717) is 35.7 Å². The van der Waals surface area contributed by atoms with Crippen molar-refractivity contribution in [1.29, 1.82) is 0 Å². The molecule has 0 aliphatic heterocycles. The lowest BCUT2D eigenvalue weighted by Crippen LogP contribution is -2.50. The lowest BCUT2D eigenvalue weighted by atomic mass is 9.65. The Bertz CT molecular complexity index is 565. The fourth-order valence-electron chi connectivity index (χ4n) is 5.62. The third-order valence-electron chi connectivity index (χ3n) is 7.13. The first kappa shape index (κ1) is 17.1. The number of hydrogen-bond acceptors (Lipinski definition) is 2. The van der Waals surface area contributed by atoms with Gasteiger partial charge in [0, 0.05) is 18.0 Å². The Morgan fingerprint density at radius 2 is 1.56 bits per heavy atom. The molecule has 4 rings (SSSR count). The lowest BCUT2D eigenvalue weighted by Gasteiger charge is -2.44. The van der Waals surface area contributed by atoms with Gasteiger partial charge in [-0.05, 0) is 74.7 Å². The van der Waals surface area contributed by atoms with E-state index < -0.39 is 0 Å². The topological polar surface area (TPSA) is 55.1 Å². The van der Waals surface area contributed by atoms with Crippen LogP contribution in [0.5, 0.6) is 0 Å². The molecule has 1 aromatic carbocycles. The van der Waals surface area contributed by atoms with Crippen LogP contribution < -0.4 is 11.1 Å². The van der Waals surface area contributed by atoms with Crippen molar-refractivity contribution in [1.82, 2.24) is 5.32 Å². The van der Waals surface area contributed by atoms with Gasteiger partial charge in [0.25, 0.3) is 0 Å². The second-order valence-electron chi connectivity index (χ2n) is 8.66. The summed E-state index contributed by atoms with van der Waals surface area (Å²) in [5.74, 6) is 2.35. The van der Waals surface area contributed by atoms with Crippen LogP contribution in [0.2, 0.25) is 0 Å². The quantitative estimate of drug-likeness (QED) is 0.874. The van der Waals surface area contributed by atoms with E-state index in [2.05, 4.69) is 35.6 Å². The van der Waals surface area contributed by atoms with Gasteiger partial charge in [-0.2, -0.15) is 0 Å². The van der Waals surface area contributed by atoms with Gasteiger partial charge < -0.3 is 11.1 Å². The van der Waals surface area contributed by atoms with E-state index >= 15 is 0 Å². The third kappa shape index (κ3) is 3.76. The number of carbonyl (C=O) groups excluding carboxylic acids is 1.